The van der Waals surface area contributed by atoms with Gasteiger partial charge in [0, 0.05) is 11.8 Å². The Morgan fingerprint density at radius 1 is 0.892 bits per heavy atom. The van der Waals surface area contributed by atoms with Crippen LogP contribution in [0.4, 0.5) is 0 Å². The Balaban J connectivity index is 2.02. The molecule has 1 aliphatic carbocycles. The first-order valence-corrected chi connectivity index (χ1v) is 11.9. The number of aliphatic carboxylic acids is 2. The second-order valence-electron chi connectivity index (χ2n) is 9.63. The van der Waals surface area contributed by atoms with E-state index in [2.05, 4.69) is 12.1 Å². The van der Waals surface area contributed by atoms with Crippen LogP contribution < -0.4 is 0 Å². The van der Waals surface area contributed by atoms with Crippen molar-refractivity contribution in [3.8, 4) is 11.1 Å². The van der Waals surface area contributed by atoms with Gasteiger partial charge in [-0.3, -0.25) is 19.2 Å². The highest BCUT2D eigenvalue weighted by atomic mass is 16.6. The molecule has 192 valence electrons. The van der Waals surface area contributed by atoms with E-state index in [1.807, 2.05) is 50.2 Å². The van der Waals surface area contributed by atoms with Crippen molar-refractivity contribution < 1.29 is 38.9 Å². The average Bonchev–Trinajstić information content (AvgIpc) is 3.08. The normalized spacial score (nSPS) is 17.4. The third-order valence-electron chi connectivity index (χ3n) is 7.38. The molecule has 0 aliphatic heterocycles. The molecule has 8 nitrogen and oxygen atoms in total. The molecule has 0 radical (unpaired) electrons. The molecule has 3 atom stereocenters. The molecule has 0 bridgehead atoms. The van der Waals surface area contributed by atoms with E-state index in [9.17, 15) is 29.4 Å². The highest BCUT2D eigenvalue weighted by molar-refractivity contribution is 5.94. The number of hydrogen-bond acceptors (Lipinski definition) is 6. The second-order valence-corrected chi connectivity index (χ2v) is 9.63. The maximum atomic E-state index is 12.3. The van der Waals surface area contributed by atoms with Crippen molar-refractivity contribution in [3.05, 3.63) is 70.8 Å². The summed E-state index contributed by atoms with van der Waals surface area (Å²) in [7, 11) is 0. The van der Waals surface area contributed by atoms with Gasteiger partial charge >= 0.3 is 11.9 Å². The van der Waals surface area contributed by atoms with Gasteiger partial charge < -0.3 is 19.7 Å². The minimum absolute atomic E-state index is 0.0463. The van der Waals surface area contributed by atoms with Gasteiger partial charge in [-0.2, -0.15) is 0 Å². The molecule has 8 heteroatoms. The van der Waals surface area contributed by atoms with Gasteiger partial charge in [-0.15, -0.1) is 0 Å². The van der Waals surface area contributed by atoms with Gasteiger partial charge in [0.15, 0.2) is 0 Å². The molecule has 2 N–H and O–H groups in total. The Morgan fingerprint density at radius 2 is 1.51 bits per heavy atom. The first-order valence-electron chi connectivity index (χ1n) is 11.9. The van der Waals surface area contributed by atoms with Gasteiger partial charge in [0.05, 0.1) is 12.3 Å². The van der Waals surface area contributed by atoms with E-state index >= 15 is 0 Å². The number of carboxylic acids is 2. The van der Waals surface area contributed by atoms with Crippen molar-refractivity contribution in [2.24, 2.45) is 5.92 Å². The predicted octanol–water partition coefficient (Wildman–Crippen LogP) is 4.39. The van der Waals surface area contributed by atoms with Crippen LogP contribution in [0.25, 0.3) is 21.9 Å². The van der Waals surface area contributed by atoms with Gasteiger partial charge in [-0.1, -0.05) is 36.4 Å². The molecule has 3 aromatic carbocycles. The van der Waals surface area contributed by atoms with E-state index in [1.165, 1.54) is 0 Å². The largest absolute Gasteiger partial charge is 0.481 e. The zero-order valence-corrected chi connectivity index (χ0v) is 20.6. The first-order chi connectivity index (χ1) is 17.7. The number of rotatable bonds is 12. The Morgan fingerprint density at radius 3 is 2.14 bits per heavy atom. The molecule has 0 aromatic heterocycles. The zero-order chi connectivity index (χ0) is 26.7. The highest BCUT2D eigenvalue weighted by Gasteiger charge is 2.48. The van der Waals surface area contributed by atoms with Gasteiger partial charge in [0.1, 0.15) is 12.7 Å². The summed E-state index contributed by atoms with van der Waals surface area (Å²) in [5, 5.41) is 21.5. The van der Waals surface area contributed by atoms with E-state index in [0.29, 0.717) is 0 Å². The van der Waals surface area contributed by atoms with Gasteiger partial charge in [0.25, 0.3) is 12.9 Å². The SMILES string of the molecule is Cc1cc2c(cc1C)C(CC(COC=O)OC=O)(CC(CC(=O)O)C(=O)O)c1cc3ccccc3cc1-2. The van der Waals surface area contributed by atoms with Crippen molar-refractivity contribution in [1.29, 1.82) is 0 Å². The Kier molecular flexibility index (Phi) is 7.29. The highest BCUT2D eigenvalue weighted by Crippen LogP contribution is 2.56. The average molecular weight is 505 g/mol. The van der Waals surface area contributed by atoms with Crippen LogP contribution in [-0.2, 0) is 34.1 Å². The Bertz CT molecular complexity index is 1380. The first kappa shape index (κ1) is 25.9. The number of aryl methyl sites for hydroxylation is 2. The molecule has 0 amide bonds. The molecule has 0 saturated heterocycles. The Labute approximate surface area is 213 Å². The molecule has 4 rings (SSSR count). The van der Waals surface area contributed by atoms with Crippen LogP contribution >= 0.6 is 0 Å². The molecular formula is C29H28O8. The number of carbonyl (C=O) groups is 4. The van der Waals surface area contributed by atoms with Crippen LogP contribution in [-0.4, -0.2) is 47.8 Å². The summed E-state index contributed by atoms with van der Waals surface area (Å²) in [5.74, 6) is -3.66. The fourth-order valence-electron chi connectivity index (χ4n) is 5.60. The van der Waals surface area contributed by atoms with Crippen LogP contribution in [0.5, 0.6) is 0 Å². The molecule has 3 unspecified atom stereocenters. The van der Waals surface area contributed by atoms with Crippen LogP contribution in [0.2, 0.25) is 0 Å². The molecule has 0 fully saturated rings. The number of fused-ring (bicyclic) bond motifs is 4. The van der Waals surface area contributed by atoms with Crippen LogP contribution in [0.15, 0.2) is 48.5 Å². The number of benzene rings is 3. The van der Waals surface area contributed by atoms with Crippen molar-refractivity contribution in [2.45, 2.75) is 44.6 Å². The Hall–Kier alpha value is -4.20. The molecule has 0 spiro atoms. The van der Waals surface area contributed by atoms with Crippen molar-refractivity contribution in [1.82, 2.24) is 0 Å². The topological polar surface area (TPSA) is 127 Å². The quantitative estimate of drug-likeness (QED) is 0.348. The summed E-state index contributed by atoms with van der Waals surface area (Å²) < 4.78 is 10.2. The van der Waals surface area contributed by atoms with Gasteiger partial charge in [-0.05, 0) is 76.6 Å². The van der Waals surface area contributed by atoms with Crippen LogP contribution in [0.3, 0.4) is 0 Å². The van der Waals surface area contributed by atoms with E-state index in [-0.39, 0.29) is 32.4 Å². The molecule has 3 aromatic rings. The number of ether oxygens (including phenoxy) is 2. The number of hydrogen-bond donors (Lipinski definition) is 2. The van der Waals surface area contributed by atoms with Gasteiger partial charge in [0.2, 0.25) is 0 Å². The summed E-state index contributed by atoms with van der Waals surface area (Å²) in [6.45, 7) is 4.27. The zero-order valence-electron chi connectivity index (χ0n) is 20.6. The number of carbonyl (C=O) groups excluding carboxylic acids is 2. The molecule has 0 saturated carbocycles. The van der Waals surface area contributed by atoms with Crippen molar-refractivity contribution >= 4 is 35.7 Å². The minimum atomic E-state index is -1.22. The molecule has 37 heavy (non-hydrogen) atoms. The summed E-state index contributed by atoms with van der Waals surface area (Å²) in [6.07, 6.45) is -1.39. The smallest absolute Gasteiger partial charge is 0.307 e. The monoisotopic (exact) mass is 504 g/mol. The van der Waals surface area contributed by atoms with Crippen LogP contribution in [0.1, 0.15) is 41.5 Å². The van der Waals surface area contributed by atoms with Crippen LogP contribution in [0, 0.1) is 19.8 Å². The lowest BCUT2D eigenvalue weighted by molar-refractivity contribution is -0.149. The minimum Gasteiger partial charge on any atom is -0.481 e. The molecule has 1 aliphatic rings. The fraction of sp³-hybridized carbons (Fsp3) is 0.310. The third kappa shape index (κ3) is 4.91. The summed E-state index contributed by atoms with van der Waals surface area (Å²) in [5.41, 5.74) is 4.52. The van der Waals surface area contributed by atoms with Gasteiger partial charge in [-0.25, -0.2) is 0 Å². The standard InChI is InChI=1S/C29H28O8/c1-17-7-23-24-9-19-5-3-4-6-20(19)10-26(24)29(25(23)8-18(17)2,12-21(28(34)35)11-27(32)33)13-22(37-16-31)14-36-15-30/h3-10,15-16,21-22H,11-14H2,1-2H3,(H,32,33)(H,34,35). The van der Waals surface area contributed by atoms with Crippen molar-refractivity contribution in [3.63, 3.8) is 0 Å². The second kappa shape index (κ2) is 10.4. The van der Waals surface area contributed by atoms with E-state index < -0.39 is 35.8 Å². The maximum absolute atomic E-state index is 12.3. The lowest BCUT2D eigenvalue weighted by Gasteiger charge is -2.37. The lowest BCUT2D eigenvalue weighted by atomic mass is 9.67. The summed E-state index contributed by atoms with van der Waals surface area (Å²) in [6, 6.07) is 15.9. The van der Waals surface area contributed by atoms with E-state index in [1.54, 1.807) is 0 Å². The number of carboxylic acid groups (broad SMARTS) is 2. The fourth-order valence-corrected chi connectivity index (χ4v) is 5.60. The maximum Gasteiger partial charge on any atom is 0.307 e. The van der Waals surface area contributed by atoms with E-state index in [4.69, 9.17) is 9.47 Å². The predicted molar refractivity (Wildman–Crippen MR) is 135 cm³/mol. The molecule has 0 heterocycles. The van der Waals surface area contributed by atoms with E-state index in [0.717, 1.165) is 44.2 Å². The molecular weight excluding hydrogens is 476 g/mol. The van der Waals surface area contributed by atoms with Crippen molar-refractivity contribution in [2.75, 3.05) is 6.61 Å². The summed E-state index contributed by atoms with van der Waals surface area (Å²) in [4.78, 5) is 46.2. The third-order valence-corrected chi connectivity index (χ3v) is 7.38. The summed E-state index contributed by atoms with van der Waals surface area (Å²) >= 11 is 0. The lowest BCUT2D eigenvalue weighted by Crippen LogP contribution is -2.38.